The third-order valence-corrected chi connectivity index (χ3v) is 3.98. The maximum absolute atomic E-state index is 5.46. The van der Waals surface area contributed by atoms with Gasteiger partial charge in [-0.1, -0.05) is 51.3 Å². The molecule has 112 valence electrons. The van der Waals surface area contributed by atoms with Crippen molar-refractivity contribution in [1.82, 2.24) is 0 Å². The van der Waals surface area contributed by atoms with Crippen molar-refractivity contribution >= 4 is 0 Å². The molecule has 1 unspecified atom stereocenters. The van der Waals surface area contributed by atoms with E-state index in [9.17, 15) is 0 Å². The minimum absolute atomic E-state index is 0.383. The van der Waals surface area contributed by atoms with Crippen LogP contribution in [0.15, 0.2) is 18.2 Å². The summed E-state index contributed by atoms with van der Waals surface area (Å²) in [7, 11) is 0. The molecule has 0 aromatic rings. The Kier molecular flexibility index (Phi) is 6.55. The van der Waals surface area contributed by atoms with E-state index in [1.807, 2.05) is 0 Å². The number of unbranched alkanes of at least 4 members (excludes halogenated alkanes) is 2. The van der Waals surface area contributed by atoms with Gasteiger partial charge in [-0.05, 0) is 35.3 Å². The molecule has 0 aromatic heterocycles. The molecule has 3 aliphatic rings. The lowest BCUT2D eigenvalue weighted by Crippen LogP contribution is -2.28. The minimum Gasteiger partial charge on any atom is -0.376 e. The van der Waals surface area contributed by atoms with Crippen LogP contribution < -0.4 is 0 Å². The van der Waals surface area contributed by atoms with E-state index >= 15 is 0 Å². The van der Waals surface area contributed by atoms with Gasteiger partial charge < -0.3 is 9.47 Å². The van der Waals surface area contributed by atoms with Crippen LogP contribution in [-0.4, -0.2) is 25.9 Å². The van der Waals surface area contributed by atoms with Crippen molar-refractivity contribution in [2.45, 2.75) is 58.5 Å². The first-order valence-electron chi connectivity index (χ1n) is 8.17. The highest BCUT2D eigenvalue weighted by molar-refractivity contribution is 5.33. The molecular weight excluding hydrogens is 248 g/mol. The second-order valence-corrected chi connectivity index (χ2v) is 5.69. The second kappa shape index (κ2) is 8.43. The molecule has 3 rings (SSSR count). The molecule has 0 amide bonds. The van der Waals surface area contributed by atoms with Gasteiger partial charge in [-0.25, -0.2) is 0 Å². The molecule has 20 heavy (non-hydrogen) atoms. The molecule has 0 radical (unpaired) electrons. The van der Waals surface area contributed by atoms with Crippen LogP contribution in [0.1, 0.15) is 51.5 Å². The topological polar surface area (TPSA) is 18.5 Å². The first kappa shape index (κ1) is 15.5. The van der Waals surface area contributed by atoms with E-state index < -0.39 is 0 Å². The van der Waals surface area contributed by atoms with Gasteiger partial charge in [0.05, 0.1) is 25.9 Å². The fourth-order valence-electron chi connectivity index (χ4n) is 2.58. The van der Waals surface area contributed by atoms with Crippen LogP contribution in [0.4, 0.5) is 0 Å². The molecule has 2 heteroatoms. The Morgan fingerprint density at radius 1 is 1.10 bits per heavy atom. The smallest absolute Gasteiger partial charge is 0.0809 e. The van der Waals surface area contributed by atoms with Crippen molar-refractivity contribution in [3.63, 3.8) is 0 Å². The van der Waals surface area contributed by atoms with Gasteiger partial charge in [-0.2, -0.15) is 0 Å². The van der Waals surface area contributed by atoms with Crippen LogP contribution in [0, 0.1) is 10.4 Å². The first-order chi connectivity index (χ1) is 9.85. The summed E-state index contributed by atoms with van der Waals surface area (Å²) in [5.41, 5.74) is 1.58. The Morgan fingerprint density at radius 3 is 2.45 bits per heavy atom. The molecule has 0 spiro atoms. The third-order valence-electron chi connectivity index (χ3n) is 3.98. The molecule has 1 atom stereocenters. The highest BCUT2D eigenvalue weighted by atomic mass is 16.6. The highest BCUT2D eigenvalue weighted by Gasteiger charge is 2.12. The van der Waals surface area contributed by atoms with Crippen LogP contribution in [0.5, 0.6) is 0 Å². The number of hydrogen-bond acceptors (Lipinski definition) is 2. The molecule has 0 saturated carbocycles. The molecule has 2 aliphatic carbocycles. The Morgan fingerprint density at radius 2 is 1.95 bits per heavy atom. The first-order valence-corrected chi connectivity index (χ1v) is 8.17. The van der Waals surface area contributed by atoms with Crippen molar-refractivity contribution < 1.29 is 9.47 Å². The number of ether oxygens (including phenoxy) is 2. The zero-order valence-corrected chi connectivity index (χ0v) is 13.0. The van der Waals surface area contributed by atoms with Gasteiger partial charge in [-0.3, -0.25) is 0 Å². The minimum atomic E-state index is 0.383. The Labute approximate surface area is 122 Å². The summed E-state index contributed by atoms with van der Waals surface area (Å²) in [6, 6.07) is 6.72. The van der Waals surface area contributed by atoms with Crippen molar-refractivity contribution in [3.05, 3.63) is 34.2 Å². The van der Waals surface area contributed by atoms with E-state index in [1.54, 1.807) is 5.56 Å². The predicted octanol–water partition coefficient (Wildman–Crippen LogP) is 4.22. The van der Waals surface area contributed by atoms with E-state index in [1.165, 1.54) is 42.5 Å². The molecule has 1 fully saturated rings. The molecule has 1 saturated heterocycles. The monoisotopic (exact) mass is 276 g/mol. The second-order valence-electron chi connectivity index (χ2n) is 5.69. The molecular formula is C18H28O2. The maximum Gasteiger partial charge on any atom is 0.0809 e. The van der Waals surface area contributed by atoms with Gasteiger partial charge in [0, 0.05) is 0 Å². The van der Waals surface area contributed by atoms with E-state index in [0.717, 1.165) is 26.2 Å². The molecule has 0 N–H and O–H groups in total. The number of hydrogen-bond donors (Lipinski definition) is 0. The standard InChI is InChI=1S/C10H12.C8H16O2/c1-2-3-4-8-7-9-5-6-10(8)9;1-2-3-4-8-7-9-5-6-10-8/h5-7H,2-4H2,1H3;8H,2-7H2,1H3. The summed E-state index contributed by atoms with van der Waals surface area (Å²) in [6.45, 7) is 6.81. The fourth-order valence-corrected chi connectivity index (χ4v) is 2.58. The van der Waals surface area contributed by atoms with Gasteiger partial charge in [0.25, 0.3) is 0 Å². The van der Waals surface area contributed by atoms with Crippen LogP contribution >= 0.6 is 0 Å². The van der Waals surface area contributed by atoms with Crippen LogP contribution in [0.25, 0.3) is 0 Å². The largest absolute Gasteiger partial charge is 0.376 e. The van der Waals surface area contributed by atoms with Gasteiger partial charge in [-0.15, -0.1) is 0 Å². The summed E-state index contributed by atoms with van der Waals surface area (Å²) in [5, 5.41) is 3.01. The Balaban J connectivity index is 0.000000147. The summed E-state index contributed by atoms with van der Waals surface area (Å²) < 4.78 is 10.7. The van der Waals surface area contributed by atoms with Crippen molar-refractivity contribution in [2.24, 2.45) is 0 Å². The van der Waals surface area contributed by atoms with Crippen LogP contribution in [0.2, 0.25) is 0 Å². The fraction of sp³-hybridized carbons (Fsp3) is 0.667. The molecule has 0 bridgehead atoms. The summed E-state index contributed by atoms with van der Waals surface area (Å²) in [5.74, 6) is 0. The average Bonchev–Trinajstić information content (AvgIpc) is 2.48. The van der Waals surface area contributed by atoms with E-state index in [2.05, 4.69) is 32.0 Å². The lowest BCUT2D eigenvalue weighted by molar-refractivity contribution is -0.0911. The maximum atomic E-state index is 5.46. The zero-order valence-electron chi connectivity index (χ0n) is 13.0. The van der Waals surface area contributed by atoms with Gasteiger partial charge in [0.1, 0.15) is 0 Å². The lowest BCUT2D eigenvalue weighted by Gasteiger charge is -2.22. The lowest BCUT2D eigenvalue weighted by atomic mass is 9.95. The van der Waals surface area contributed by atoms with Gasteiger partial charge >= 0.3 is 0 Å². The normalized spacial score (nSPS) is 19.2. The summed E-state index contributed by atoms with van der Waals surface area (Å²) in [4.78, 5) is 0. The van der Waals surface area contributed by atoms with E-state index in [4.69, 9.17) is 9.47 Å². The number of rotatable bonds is 6. The average molecular weight is 276 g/mol. The van der Waals surface area contributed by atoms with Crippen molar-refractivity contribution in [2.75, 3.05) is 19.8 Å². The van der Waals surface area contributed by atoms with E-state index in [-0.39, 0.29) is 0 Å². The molecule has 2 nitrogen and oxygen atoms in total. The van der Waals surface area contributed by atoms with Crippen molar-refractivity contribution in [3.8, 4) is 0 Å². The quantitative estimate of drug-likeness (QED) is 0.786. The zero-order chi connectivity index (χ0) is 14.2. The van der Waals surface area contributed by atoms with Crippen LogP contribution in [-0.2, 0) is 15.9 Å². The van der Waals surface area contributed by atoms with Gasteiger partial charge in [0.15, 0.2) is 0 Å². The molecule has 0 aromatic carbocycles. The SMILES string of the molecule is CCCCC1COCCO1.CCCCc1cc2ccc1=2. The van der Waals surface area contributed by atoms with E-state index in [0.29, 0.717) is 6.10 Å². The Hall–Kier alpha value is -0.860. The van der Waals surface area contributed by atoms with Crippen LogP contribution in [0.3, 0.4) is 0 Å². The summed E-state index contributed by atoms with van der Waals surface area (Å²) in [6.07, 6.45) is 8.00. The number of aryl methyl sites for hydroxylation is 1. The third kappa shape index (κ3) is 4.32. The van der Waals surface area contributed by atoms with Gasteiger partial charge in [0.2, 0.25) is 0 Å². The van der Waals surface area contributed by atoms with Crippen molar-refractivity contribution in [1.29, 1.82) is 0 Å². The molecule has 1 heterocycles. The predicted molar refractivity (Wildman–Crippen MR) is 82.8 cm³/mol. The molecule has 1 aliphatic heterocycles. The Bertz CT molecular complexity index is 475. The number of benzene rings is 1. The highest BCUT2D eigenvalue weighted by Crippen LogP contribution is 2.17. The summed E-state index contributed by atoms with van der Waals surface area (Å²) >= 11 is 0.